The number of aryl methyl sites for hydroxylation is 1. The molecule has 0 fully saturated rings. The first-order chi connectivity index (χ1) is 11.6. The van der Waals surface area contributed by atoms with Gasteiger partial charge in [-0.05, 0) is 56.2 Å². The van der Waals surface area contributed by atoms with E-state index in [9.17, 15) is 13.2 Å². The first kappa shape index (κ1) is 17.4. The molecule has 0 aromatic heterocycles. The van der Waals surface area contributed by atoms with E-state index in [1.165, 1.54) is 12.1 Å². The Labute approximate surface area is 147 Å². The van der Waals surface area contributed by atoms with Crippen molar-refractivity contribution in [2.24, 2.45) is 5.14 Å². The predicted molar refractivity (Wildman–Crippen MR) is 96.0 cm³/mol. The van der Waals surface area contributed by atoms with Gasteiger partial charge in [0, 0.05) is 5.56 Å². The van der Waals surface area contributed by atoms with Gasteiger partial charge < -0.3 is 4.74 Å². The molecule has 0 spiro atoms. The molecule has 2 aromatic rings. The number of rotatable bonds is 3. The van der Waals surface area contributed by atoms with E-state index < -0.39 is 15.6 Å². The molecule has 5 nitrogen and oxygen atoms in total. The Balaban J connectivity index is 2.19. The summed E-state index contributed by atoms with van der Waals surface area (Å²) < 4.78 is 28.8. The van der Waals surface area contributed by atoms with Gasteiger partial charge >= 0.3 is 0 Å². The summed E-state index contributed by atoms with van der Waals surface area (Å²) in [4.78, 5) is 12.9. The molecule has 0 saturated heterocycles. The molecule has 0 amide bonds. The predicted octanol–water partition coefficient (Wildman–Crippen LogP) is 2.89. The maximum absolute atomic E-state index is 12.9. The highest BCUT2D eigenvalue weighted by molar-refractivity contribution is 7.89. The molecule has 130 valence electrons. The van der Waals surface area contributed by atoms with Crippen LogP contribution in [0.4, 0.5) is 0 Å². The molecule has 2 N–H and O–H groups in total. The minimum Gasteiger partial charge on any atom is -0.478 e. The van der Waals surface area contributed by atoms with Crippen LogP contribution < -0.4 is 5.14 Å². The zero-order valence-corrected chi connectivity index (χ0v) is 15.1. The van der Waals surface area contributed by atoms with Crippen molar-refractivity contribution in [3.8, 4) is 0 Å². The number of benzene rings is 2. The van der Waals surface area contributed by atoms with E-state index in [0.29, 0.717) is 16.9 Å². The van der Waals surface area contributed by atoms with Gasteiger partial charge in [0.1, 0.15) is 5.76 Å². The molecule has 0 unspecified atom stereocenters. The Hall–Kier alpha value is -2.44. The molecule has 1 heterocycles. The highest BCUT2D eigenvalue weighted by Crippen LogP contribution is 2.42. The number of hydrogen-bond acceptors (Lipinski definition) is 4. The van der Waals surface area contributed by atoms with Crippen molar-refractivity contribution in [1.82, 2.24) is 0 Å². The highest BCUT2D eigenvalue weighted by atomic mass is 32.2. The second-order valence-corrected chi connectivity index (χ2v) is 8.09. The maximum atomic E-state index is 12.9. The number of ketones is 1. The Morgan fingerprint density at radius 2 is 1.60 bits per heavy atom. The van der Waals surface area contributed by atoms with Crippen LogP contribution in [0.1, 0.15) is 30.5 Å². The van der Waals surface area contributed by atoms with E-state index in [1.807, 2.05) is 31.2 Å². The molecule has 2 aromatic carbocycles. The molecule has 0 atom stereocenters. The van der Waals surface area contributed by atoms with Crippen LogP contribution in [0.25, 0.3) is 11.3 Å². The molecule has 3 rings (SSSR count). The van der Waals surface area contributed by atoms with Gasteiger partial charge in [-0.3, -0.25) is 4.79 Å². The molecule has 6 heteroatoms. The van der Waals surface area contributed by atoms with Gasteiger partial charge in [0.15, 0.2) is 5.60 Å². The topological polar surface area (TPSA) is 86.5 Å². The van der Waals surface area contributed by atoms with Crippen LogP contribution in [0.3, 0.4) is 0 Å². The fraction of sp³-hybridized carbons (Fsp3) is 0.211. The normalized spacial score (nSPS) is 16.9. The molecular weight excluding hydrogens is 338 g/mol. The molecule has 0 saturated carbocycles. The Morgan fingerprint density at radius 1 is 1.00 bits per heavy atom. The van der Waals surface area contributed by atoms with Crippen LogP contribution in [0.15, 0.2) is 53.4 Å². The SMILES string of the molecule is Cc1ccccc1C1=C(c2ccc(S(N)(=O)=O)cc2)OC(C)(C)C1=O. The van der Waals surface area contributed by atoms with Crippen LogP contribution >= 0.6 is 0 Å². The van der Waals surface area contributed by atoms with E-state index in [0.717, 1.165) is 11.1 Å². The zero-order chi connectivity index (χ0) is 18.4. The van der Waals surface area contributed by atoms with Gasteiger partial charge in [-0.15, -0.1) is 0 Å². The average Bonchev–Trinajstić information content (AvgIpc) is 2.78. The summed E-state index contributed by atoms with van der Waals surface area (Å²) in [6.45, 7) is 5.38. The first-order valence-electron chi connectivity index (χ1n) is 7.78. The number of hydrogen-bond donors (Lipinski definition) is 1. The summed E-state index contributed by atoms with van der Waals surface area (Å²) in [6, 6.07) is 13.6. The van der Waals surface area contributed by atoms with Crippen molar-refractivity contribution < 1.29 is 17.9 Å². The summed E-state index contributed by atoms with van der Waals surface area (Å²) in [5.74, 6) is 0.345. The van der Waals surface area contributed by atoms with Crippen molar-refractivity contribution in [2.45, 2.75) is 31.3 Å². The van der Waals surface area contributed by atoms with Crippen LogP contribution in [0.5, 0.6) is 0 Å². The lowest BCUT2D eigenvalue weighted by Gasteiger charge is -2.18. The summed E-state index contributed by atoms with van der Waals surface area (Å²) in [7, 11) is -3.77. The number of carbonyl (C=O) groups excluding carboxylic acids is 1. The van der Waals surface area contributed by atoms with Crippen molar-refractivity contribution >= 4 is 27.1 Å². The third-order valence-electron chi connectivity index (χ3n) is 4.22. The summed E-state index contributed by atoms with van der Waals surface area (Å²) in [6.07, 6.45) is 0. The minimum atomic E-state index is -3.77. The van der Waals surface area contributed by atoms with E-state index in [4.69, 9.17) is 9.88 Å². The number of nitrogens with two attached hydrogens (primary N) is 1. The number of carbonyl (C=O) groups is 1. The lowest BCUT2D eigenvalue weighted by molar-refractivity contribution is -0.125. The molecule has 0 aliphatic carbocycles. The molecule has 25 heavy (non-hydrogen) atoms. The van der Waals surface area contributed by atoms with Gasteiger partial charge in [-0.25, -0.2) is 13.6 Å². The molecular formula is C19H19NO4S. The maximum Gasteiger partial charge on any atom is 0.238 e. The molecule has 1 aliphatic rings. The van der Waals surface area contributed by atoms with E-state index in [-0.39, 0.29) is 10.7 Å². The number of Topliss-reactive ketones (excluding diaryl/α,β-unsaturated/α-hetero) is 1. The third kappa shape index (κ3) is 3.10. The quantitative estimate of drug-likeness (QED) is 0.915. The monoisotopic (exact) mass is 357 g/mol. The van der Waals surface area contributed by atoms with E-state index >= 15 is 0 Å². The summed E-state index contributed by atoms with van der Waals surface area (Å²) >= 11 is 0. The fourth-order valence-electron chi connectivity index (χ4n) is 2.85. The van der Waals surface area contributed by atoms with Gasteiger partial charge in [-0.2, -0.15) is 0 Å². The Kier molecular flexibility index (Phi) is 4.05. The lowest BCUT2D eigenvalue weighted by Crippen LogP contribution is -2.29. The van der Waals surface area contributed by atoms with E-state index in [1.54, 1.807) is 26.0 Å². The lowest BCUT2D eigenvalue weighted by atomic mass is 9.90. The number of primary sulfonamides is 1. The fourth-order valence-corrected chi connectivity index (χ4v) is 3.37. The smallest absolute Gasteiger partial charge is 0.238 e. The third-order valence-corrected chi connectivity index (χ3v) is 5.15. The van der Waals surface area contributed by atoms with Crippen molar-refractivity contribution in [1.29, 1.82) is 0 Å². The van der Waals surface area contributed by atoms with Crippen molar-refractivity contribution in [2.75, 3.05) is 0 Å². The van der Waals surface area contributed by atoms with Crippen molar-refractivity contribution in [3.05, 3.63) is 65.2 Å². The van der Waals surface area contributed by atoms with Gasteiger partial charge in [0.25, 0.3) is 0 Å². The summed E-state index contributed by atoms with van der Waals surface area (Å²) in [5, 5.41) is 5.14. The van der Waals surface area contributed by atoms with Crippen LogP contribution in [-0.2, 0) is 19.6 Å². The second kappa shape index (κ2) is 5.82. The highest BCUT2D eigenvalue weighted by Gasteiger charge is 2.43. The largest absolute Gasteiger partial charge is 0.478 e. The van der Waals surface area contributed by atoms with Gasteiger partial charge in [0.05, 0.1) is 10.5 Å². The van der Waals surface area contributed by atoms with Gasteiger partial charge in [-0.1, -0.05) is 24.3 Å². The van der Waals surface area contributed by atoms with Crippen LogP contribution in [-0.4, -0.2) is 19.8 Å². The Morgan fingerprint density at radius 3 is 2.16 bits per heavy atom. The standard InChI is InChI=1S/C19H19NO4S/c1-12-6-4-5-7-15(12)16-17(24-19(2,3)18(16)21)13-8-10-14(11-9-13)25(20,22)23/h4-11H,1-3H3,(H2,20,22,23). The van der Waals surface area contributed by atoms with Crippen molar-refractivity contribution in [3.63, 3.8) is 0 Å². The van der Waals surface area contributed by atoms with Crippen LogP contribution in [0.2, 0.25) is 0 Å². The van der Waals surface area contributed by atoms with Gasteiger partial charge in [0.2, 0.25) is 15.8 Å². The zero-order valence-electron chi connectivity index (χ0n) is 14.2. The van der Waals surface area contributed by atoms with E-state index in [2.05, 4.69) is 0 Å². The Bertz CT molecular complexity index is 986. The number of sulfonamides is 1. The average molecular weight is 357 g/mol. The first-order valence-corrected chi connectivity index (χ1v) is 9.33. The molecule has 0 bridgehead atoms. The second-order valence-electron chi connectivity index (χ2n) is 6.53. The molecule has 1 aliphatic heterocycles. The summed E-state index contributed by atoms with van der Waals surface area (Å²) in [5.41, 5.74) is 1.93. The molecule has 0 radical (unpaired) electrons. The number of ether oxygens (including phenoxy) is 1. The minimum absolute atomic E-state index is 0.0119. The van der Waals surface area contributed by atoms with Crippen LogP contribution in [0, 0.1) is 6.92 Å².